The number of hydrogen-bond donors (Lipinski definition) is 1. The Hall–Kier alpha value is -4.22. The lowest BCUT2D eigenvalue weighted by Crippen LogP contribution is -2.27. The summed E-state index contributed by atoms with van der Waals surface area (Å²) < 4.78 is 24.7. The molecule has 1 aromatic rings. The average molecular weight is 695 g/mol. The van der Waals surface area contributed by atoms with E-state index in [0.717, 1.165) is 12.0 Å². The number of benzene rings is 1. The zero-order chi connectivity index (χ0) is 38.3. The summed E-state index contributed by atoms with van der Waals surface area (Å²) in [5.41, 5.74) is -0.0570. The fourth-order valence-electron chi connectivity index (χ4n) is 2.71. The van der Waals surface area contributed by atoms with Crippen molar-refractivity contribution >= 4 is 35.8 Å². The van der Waals surface area contributed by atoms with E-state index >= 15 is 0 Å². The lowest BCUT2D eigenvalue weighted by atomic mass is 9.91. The van der Waals surface area contributed by atoms with Gasteiger partial charge < -0.3 is 28.8 Å². The molecule has 0 aliphatic rings. The maximum absolute atomic E-state index is 11.6. The molecule has 1 rings (SSSR count). The SMILES string of the molecule is C=C(C)C(=O)OCCOC(=O)C(C)(C)CC.CCC(C)(C)C(=O)OCCOC(=O)CCC(=O)O.CCC(C)(C)C(=O)OCc1ccccc1. The molecule has 0 heterocycles. The largest absolute Gasteiger partial charge is 0.481 e. The Balaban J connectivity index is 0. The summed E-state index contributed by atoms with van der Waals surface area (Å²) in [7, 11) is 0. The number of ether oxygens (including phenoxy) is 5. The minimum atomic E-state index is -1.05. The standard InChI is InChI=1S/C13H18O2.C12H20O6.C12H20O4/c1-4-13(2,3)12(14)15-10-11-8-6-5-7-9-11;1-4-12(2,3)11(16)18-8-7-17-10(15)6-5-9(13)14;1-6-12(4,5)11(14)16-8-7-15-10(13)9(2)3/h5-9H,4,10H2,1-3H3;4-8H2,1-3H3,(H,13,14);2,6-8H2,1,3-5H3. The van der Waals surface area contributed by atoms with Crippen LogP contribution >= 0.6 is 0 Å². The Bertz CT molecular complexity index is 1200. The van der Waals surface area contributed by atoms with E-state index in [9.17, 15) is 28.8 Å². The molecule has 0 atom stereocenters. The fourth-order valence-corrected chi connectivity index (χ4v) is 2.71. The third-order valence-corrected chi connectivity index (χ3v) is 7.54. The third kappa shape index (κ3) is 22.1. The van der Waals surface area contributed by atoms with E-state index in [-0.39, 0.29) is 62.6 Å². The van der Waals surface area contributed by atoms with Crippen molar-refractivity contribution in [2.24, 2.45) is 16.2 Å². The molecule has 0 unspecified atom stereocenters. The van der Waals surface area contributed by atoms with Gasteiger partial charge in [0.05, 0.1) is 29.1 Å². The van der Waals surface area contributed by atoms with Crippen LogP contribution in [0.2, 0.25) is 0 Å². The number of aliphatic carboxylic acids is 1. The summed E-state index contributed by atoms with van der Waals surface area (Å²) in [6, 6.07) is 9.72. The van der Waals surface area contributed by atoms with Gasteiger partial charge in [0, 0.05) is 5.57 Å². The van der Waals surface area contributed by atoms with Crippen LogP contribution in [0.1, 0.15) is 107 Å². The van der Waals surface area contributed by atoms with E-state index in [1.807, 2.05) is 78.8 Å². The molecule has 0 aliphatic heterocycles. The van der Waals surface area contributed by atoms with E-state index in [0.29, 0.717) is 25.0 Å². The fraction of sp³-hybridized carbons (Fsp3) is 0.622. The van der Waals surface area contributed by atoms with Crippen molar-refractivity contribution in [2.75, 3.05) is 26.4 Å². The predicted molar refractivity (Wildman–Crippen MR) is 184 cm³/mol. The van der Waals surface area contributed by atoms with E-state index in [1.54, 1.807) is 20.8 Å². The topological polar surface area (TPSA) is 169 Å². The lowest BCUT2D eigenvalue weighted by molar-refractivity contribution is -0.159. The van der Waals surface area contributed by atoms with Crippen LogP contribution in [0.4, 0.5) is 0 Å². The first-order valence-corrected chi connectivity index (χ1v) is 16.4. The first-order chi connectivity index (χ1) is 22.7. The van der Waals surface area contributed by atoms with Gasteiger partial charge in [0.15, 0.2) is 0 Å². The lowest BCUT2D eigenvalue weighted by Gasteiger charge is -2.20. The van der Waals surface area contributed by atoms with Crippen LogP contribution in [0.3, 0.4) is 0 Å². The van der Waals surface area contributed by atoms with Gasteiger partial charge in [-0.05, 0) is 73.3 Å². The second-order valence-corrected chi connectivity index (χ2v) is 13.1. The molecule has 0 spiro atoms. The van der Waals surface area contributed by atoms with E-state index < -0.39 is 28.7 Å². The van der Waals surface area contributed by atoms with Crippen molar-refractivity contribution in [2.45, 2.75) is 108 Å². The van der Waals surface area contributed by atoms with Crippen LogP contribution in [-0.2, 0) is 59.1 Å². The highest BCUT2D eigenvalue weighted by molar-refractivity contribution is 5.87. The van der Waals surface area contributed by atoms with Crippen LogP contribution in [-0.4, -0.2) is 67.3 Å². The third-order valence-electron chi connectivity index (χ3n) is 7.54. The second-order valence-electron chi connectivity index (χ2n) is 13.1. The molecule has 1 aromatic carbocycles. The molecular formula is C37H58O12. The Morgan fingerprint density at radius 3 is 1.39 bits per heavy atom. The van der Waals surface area contributed by atoms with Crippen LogP contribution in [0.5, 0.6) is 0 Å². The van der Waals surface area contributed by atoms with Gasteiger partial charge in [-0.1, -0.05) is 57.7 Å². The highest BCUT2D eigenvalue weighted by Crippen LogP contribution is 2.23. The number of rotatable bonds is 18. The highest BCUT2D eigenvalue weighted by Gasteiger charge is 2.28. The molecule has 278 valence electrons. The van der Waals surface area contributed by atoms with Crippen molar-refractivity contribution in [3.8, 4) is 0 Å². The Morgan fingerprint density at radius 2 is 1.00 bits per heavy atom. The normalized spacial score (nSPS) is 10.9. The zero-order valence-corrected chi connectivity index (χ0v) is 31.1. The molecule has 0 fully saturated rings. The smallest absolute Gasteiger partial charge is 0.333 e. The summed E-state index contributed by atoms with van der Waals surface area (Å²) >= 11 is 0. The number of hydrogen-bond acceptors (Lipinski definition) is 11. The Morgan fingerprint density at radius 1 is 0.612 bits per heavy atom. The van der Waals surface area contributed by atoms with Gasteiger partial charge in [-0.25, -0.2) is 4.79 Å². The molecular weight excluding hydrogens is 636 g/mol. The number of carboxylic acids is 1. The van der Waals surface area contributed by atoms with Gasteiger partial charge in [-0.15, -0.1) is 0 Å². The molecule has 0 aromatic heterocycles. The average Bonchev–Trinajstić information content (AvgIpc) is 3.06. The Kier molecular flexibility index (Phi) is 23.0. The van der Waals surface area contributed by atoms with Crippen LogP contribution in [0.25, 0.3) is 0 Å². The first kappa shape index (κ1) is 46.9. The van der Waals surface area contributed by atoms with Gasteiger partial charge in [-0.3, -0.25) is 24.0 Å². The maximum atomic E-state index is 11.6. The van der Waals surface area contributed by atoms with Gasteiger partial charge in [-0.2, -0.15) is 0 Å². The summed E-state index contributed by atoms with van der Waals surface area (Å²) in [5, 5.41) is 8.35. The highest BCUT2D eigenvalue weighted by atomic mass is 16.6. The molecule has 49 heavy (non-hydrogen) atoms. The van der Waals surface area contributed by atoms with E-state index in [4.69, 9.17) is 28.8 Å². The summed E-state index contributed by atoms with van der Waals surface area (Å²) in [4.78, 5) is 66.8. The van der Waals surface area contributed by atoms with E-state index in [1.165, 1.54) is 0 Å². The molecule has 0 radical (unpaired) electrons. The second kappa shape index (κ2) is 24.0. The molecule has 0 saturated heterocycles. The van der Waals surface area contributed by atoms with Crippen LogP contribution in [0, 0.1) is 16.2 Å². The summed E-state index contributed by atoms with van der Waals surface area (Å²) in [6.07, 6.45) is 1.72. The van der Waals surface area contributed by atoms with Crippen molar-refractivity contribution in [3.63, 3.8) is 0 Å². The minimum Gasteiger partial charge on any atom is -0.481 e. The molecule has 0 amide bonds. The van der Waals surface area contributed by atoms with E-state index in [2.05, 4.69) is 6.58 Å². The minimum absolute atomic E-state index is 0.0128. The maximum Gasteiger partial charge on any atom is 0.333 e. The Labute approximate surface area is 291 Å². The molecule has 12 heteroatoms. The molecule has 0 aliphatic carbocycles. The zero-order valence-electron chi connectivity index (χ0n) is 31.1. The van der Waals surface area contributed by atoms with Gasteiger partial charge in [0.2, 0.25) is 0 Å². The molecule has 0 bridgehead atoms. The first-order valence-electron chi connectivity index (χ1n) is 16.4. The number of carbonyl (C=O) groups is 6. The van der Waals surface area contributed by atoms with Crippen molar-refractivity contribution in [1.82, 2.24) is 0 Å². The van der Waals surface area contributed by atoms with Crippen molar-refractivity contribution in [1.29, 1.82) is 0 Å². The quantitative estimate of drug-likeness (QED) is 0.0755. The van der Waals surface area contributed by atoms with Gasteiger partial charge in [0.25, 0.3) is 0 Å². The number of carboxylic acid groups (broad SMARTS) is 1. The molecule has 0 saturated carbocycles. The summed E-state index contributed by atoms with van der Waals surface area (Å²) in [6.45, 7) is 22.2. The monoisotopic (exact) mass is 694 g/mol. The van der Waals surface area contributed by atoms with Crippen LogP contribution in [0.15, 0.2) is 42.5 Å². The van der Waals surface area contributed by atoms with Crippen molar-refractivity contribution < 1.29 is 57.6 Å². The van der Waals surface area contributed by atoms with Gasteiger partial charge in [0.1, 0.15) is 33.0 Å². The summed E-state index contributed by atoms with van der Waals surface area (Å²) in [5.74, 6) is -2.88. The molecule has 1 N–H and O–H groups in total. The van der Waals surface area contributed by atoms with Crippen molar-refractivity contribution in [3.05, 3.63) is 48.0 Å². The number of esters is 5. The predicted octanol–water partition coefficient (Wildman–Crippen LogP) is 6.62. The van der Waals surface area contributed by atoms with Crippen LogP contribution < -0.4 is 0 Å². The van der Waals surface area contributed by atoms with Gasteiger partial charge >= 0.3 is 35.8 Å². The molecule has 12 nitrogen and oxygen atoms in total. The number of carbonyl (C=O) groups excluding carboxylic acids is 5.